The molecule has 0 unspecified atom stereocenters. The monoisotopic (exact) mass is 315 g/mol. The highest BCUT2D eigenvalue weighted by atomic mass is 32.2. The molecule has 8 heteroatoms. The summed E-state index contributed by atoms with van der Waals surface area (Å²) in [6.45, 7) is 0. The average molecular weight is 315 g/mol. The Morgan fingerprint density at radius 2 is 1.43 bits per heavy atom. The van der Waals surface area contributed by atoms with E-state index < -0.39 is 10.4 Å². The first-order chi connectivity index (χ1) is 9.83. The van der Waals surface area contributed by atoms with Crippen molar-refractivity contribution in [2.75, 3.05) is 0 Å². The number of ether oxygens (including phenoxy) is 1. The van der Waals surface area contributed by atoms with Crippen LogP contribution in [0.1, 0.15) is 0 Å². The highest BCUT2D eigenvalue weighted by Gasteiger charge is 2.29. The van der Waals surface area contributed by atoms with Gasteiger partial charge in [-0.25, -0.2) is 0 Å². The molecule has 0 N–H and O–H groups in total. The van der Waals surface area contributed by atoms with Gasteiger partial charge in [-0.1, -0.05) is 0 Å². The van der Waals surface area contributed by atoms with Gasteiger partial charge in [-0.3, -0.25) is 10.1 Å². The van der Waals surface area contributed by atoms with E-state index in [2.05, 4.69) is 0 Å². The highest BCUT2D eigenvalue weighted by Crippen LogP contribution is 2.37. The molecule has 0 saturated heterocycles. The Bertz CT molecular complexity index is 627. The Morgan fingerprint density at radius 3 is 1.86 bits per heavy atom. The lowest BCUT2D eigenvalue weighted by atomic mass is 10.3. The van der Waals surface area contributed by atoms with Crippen molar-refractivity contribution in [2.45, 2.75) is 10.4 Å². The zero-order valence-electron chi connectivity index (χ0n) is 10.3. The minimum absolute atomic E-state index is 0.0542. The van der Waals surface area contributed by atoms with Crippen molar-refractivity contribution in [1.29, 1.82) is 0 Å². The van der Waals surface area contributed by atoms with Crippen molar-refractivity contribution in [1.82, 2.24) is 0 Å². The molecule has 0 aliphatic rings. The average Bonchev–Trinajstić information content (AvgIpc) is 2.40. The van der Waals surface area contributed by atoms with Crippen LogP contribution in [0.3, 0.4) is 0 Å². The molecule has 0 heterocycles. The normalized spacial score (nSPS) is 11.2. The molecule has 0 amide bonds. The lowest BCUT2D eigenvalue weighted by Crippen LogP contribution is -1.98. The molecule has 110 valence electrons. The summed E-state index contributed by atoms with van der Waals surface area (Å²) in [6.07, 6.45) is 0. The first-order valence-electron chi connectivity index (χ1n) is 5.61. The van der Waals surface area contributed by atoms with Crippen LogP contribution in [0.5, 0.6) is 11.5 Å². The van der Waals surface area contributed by atoms with Gasteiger partial charge in [0.05, 0.1) is 4.92 Å². The summed E-state index contributed by atoms with van der Waals surface area (Å²) in [5, 5.41) is 10.5. The van der Waals surface area contributed by atoms with Gasteiger partial charge in [-0.05, 0) is 48.2 Å². The second-order valence-electron chi connectivity index (χ2n) is 3.87. The van der Waals surface area contributed by atoms with Crippen LogP contribution < -0.4 is 4.74 Å². The largest absolute Gasteiger partial charge is 0.457 e. The lowest BCUT2D eigenvalue weighted by Gasteiger charge is -2.08. The number of alkyl halides is 3. The van der Waals surface area contributed by atoms with Crippen LogP contribution in [0.15, 0.2) is 53.4 Å². The smallest absolute Gasteiger partial charge is 0.446 e. The van der Waals surface area contributed by atoms with E-state index in [-0.39, 0.29) is 22.3 Å². The van der Waals surface area contributed by atoms with Gasteiger partial charge in [0.2, 0.25) is 0 Å². The third-order valence-corrected chi connectivity index (χ3v) is 3.08. The van der Waals surface area contributed by atoms with E-state index in [9.17, 15) is 23.3 Å². The second kappa shape index (κ2) is 6.04. The van der Waals surface area contributed by atoms with Crippen LogP contribution >= 0.6 is 11.8 Å². The predicted octanol–water partition coefficient (Wildman–Crippen LogP) is 5.00. The van der Waals surface area contributed by atoms with E-state index in [1.807, 2.05) is 0 Å². The number of hydrogen-bond donors (Lipinski definition) is 0. The molecular weight excluding hydrogens is 307 g/mol. The molecule has 0 aliphatic carbocycles. The number of non-ortho nitro benzene ring substituents is 1. The van der Waals surface area contributed by atoms with Gasteiger partial charge in [-0.2, -0.15) is 13.2 Å². The molecule has 0 saturated carbocycles. The van der Waals surface area contributed by atoms with Crippen LogP contribution in [0.4, 0.5) is 18.9 Å². The molecule has 0 fully saturated rings. The molecule has 4 nitrogen and oxygen atoms in total. The topological polar surface area (TPSA) is 52.4 Å². The molecule has 21 heavy (non-hydrogen) atoms. The molecule has 2 rings (SSSR count). The number of rotatable bonds is 4. The fourth-order valence-electron chi connectivity index (χ4n) is 1.48. The van der Waals surface area contributed by atoms with Crippen LogP contribution in [0.25, 0.3) is 0 Å². The van der Waals surface area contributed by atoms with Crippen molar-refractivity contribution in [3.63, 3.8) is 0 Å². The number of nitro benzene ring substituents is 1. The zero-order valence-corrected chi connectivity index (χ0v) is 11.1. The first kappa shape index (κ1) is 15.2. The third-order valence-electron chi connectivity index (χ3n) is 2.34. The van der Waals surface area contributed by atoms with Crippen molar-refractivity contribution in [2.24, 2.45) is 0 Å². The molecule has 0 radical (unpaired) electrons. The fraction of sp³-hybridized carbons (Fsp3) is 0.0769. The summed E-state index contributed by atoms with van der Waals surface area (Å²) in [5.74, 6) is 0.701. The van der Waals surface area contributed by atoms with Crippen molar-refractivity contribution in [3.05, 3.63) is 58.6 Å². The summed E-state index contributed by atoms with van der Waals surface area (Å²) in [6, 6.07) is 10.8. The van der Waals surface area contributed by atoms with Gasteiger partial charge in [-0.15, -0.1) is 0 Å². The quantitative estimate of drug-likeness (QED) is 0.452. The Hall–Kier alpha value is -2.22. The van der Waals surface area contributed by atoms with Crippen LogP contribution in [0, 0.1) is 10.1 Å². The van der Waals surface area contributed by atoms with Crippen LogP contribution in [0.2, 0.25) is 0 Å². The van der Waals surface area contributed by atoms with Gasteiger partial charge in [0.25, 0.3) is 5.69 Å². The SMILES string of the molecule is O=[N+]([O-])c1ccc(Oc2ccc(SC(F)(F)F)cc2)cc1. The minimum atomic E-state index is -4.33. The minimum Gasteiger partial charge on any atom is -0.457 e. The summed E-state index contributed by atoms with van der Waals surface area (Å²) < 4.78 is 41.9. The van der Waals surface area contributed by atoms with E-state index in [4.69, 9.17) is 4.74 Å². The summed E-state index contributed by atoms with van der Waals surface area (Å²) in [7, 11) is 0. The number of nitro groups is 1. The van der Waals surface area contributed by atoms with Gasteiger partial charge in [0.1, 0.15) is 11.5 Å². The van der Waals surface area contributed by atoms with Gasteiger partial charge in [0.15, 0.2) is 0 Å². The van der Waals surface area contributed by atoms with Crippen LogP contribution in [-0.4, -0.2) is 10.4 Å². The van der Waals surface area contributed by atoms with Gasteiger partial charge >= 0.3 is 5.51 Å². The standard InChI is InChI=1S/C13H8F3NO3S/c14-13(15,16)21-12-7-5-11(6-8-12)20-10-3-1-9(2-4-10)17(18)19/h1-8H. The van der Waals surface area contributed by atoms with E-state index in [1.54, 1.807) is 0 Å². The Morgan fingerprint density at radius 1 is 0.952 bits per heavy atom. The number of hydrogen-bond acceptors (Lipinski definition) is 4. The van der Waals surface area contributed by atoms with Crippen molar-refractivity contribution >= 4 is 17.4 Å². The molecule has 0 aliphatic heterocycles. The van der Waals surface area contributed by atoms with Gasteiger partial charge < -0.3 is 4.74 Å². The lowest BCUT2D eigenvalue weighted by molar-refractivity contribution is -0.384. The molecule has 0 atom stereocenters. The van der Waals surface area contributed by atoms with Gasteiger partial charge in [0, 0.05) is 17.0 Å². The van der Waals surface area contributed by atoms with E-state index in [1.165, 1.54) is 48.5 Å². The molecule has 0 spiro atoms. The third kappa shape index (κ3) is 4.67. The van der Waals surface area contributed by atoms with Crippen molar-refractivity contribution < 1.29 is 22.8 Å². The maximum Gasteiger partial charge on any atom is 0.446 e. The predicted molar refractivity (Wildman–Crippen MR) is 71.5 cm³/mol. The van der Waals surface area contributed by atoms with Crippen molar-refractivity contribution in [3.8, 4) is 11.5 Å². The summed E-state index contributed by atoms with van der Waals surface area (Å²) in [5.41, 5.74) is -4.40. The Labute approximate surface area is 121 Å². The number of nitrogens with zero attached hydrogens (tertiary/aromatic N) is 1. The molecule has 0 bridgehead atoms. The van der Waals surface area contributed by atoms with Crippen LogP contribution in [-0.2, 0) is 0 Å². The maximum atomic E-state index is 12.2. The molecule has 0 aromatic heterocycles. The number of halogens is 3. The zero-order chi connectivity index (χ0) is 15.5. The maximum absolute atomic E-state index is 12.2. The molecular formula is C13H8F3NO3S. The number of benzene rings is 2. The first-order valence-corrected chi connectivity index (χ1v) is 6.43. The molecule has 2 aromatic carbocycles. The molecule has 2 aromatic rings. The van der Waals surface area contributed by atoms with E-state index >= 15 is 0 Å². The second-order valence-corrected chi connectivity index (χ2v) is 5.01. The van der Waals surface area contributed by atoms with E-state index in [0.717, 1.165) is 0 Å². The summed E-state index contributed by atoms with van der Waals surface area (Å²) in [4.78, 5) is 10.0. The Balaban J connectivity index is 2.04. The highest BCUT2D eigenvalue weighted by molar-refractivity contribution is 8.00. The number of thioether (sulfide) groups is 1. The Kier molecular flexibility index (Phi) is 4.37. The fourth-order valence-corrected chi connectivity index (χ4v) is 2.02. The summed E-state index contributed by atoms with van der Waals surface area (Å²) >= 11 is -0.210. The van der Waals surface area contributed by atoms with E-state index in [0.29, 0.717) is 11.5 Å².